The highest BCUT2D eigenvalue weighted by Gasteiger charge is 2.31. The predicted molar refractivity (Wildman–Crippen MR) is 72.1 cm³/mol. The number of Topliss-reactive ketones (excluding diaryl/α,β-unsaturated/α-hetero) is 1. The summed E-state index contributed by atoms with van der Waals surface area (Å²) in [6.07, 6.45) is 4.45. The zero-order valence-electron chi connectivity index (χ0n) is 9.75. The van der Waals surface area contributed by atoms with Crippen LogP contribution in [0.3, 0.4) is 0 Å². The minimum absolute atomic E-state index is 0.253. The number of hydrogen-bond acceptors (Lipinski definition) is 2. The van der Waals surface area contributed by atoms with Gasteiger partial charge in [0.25, 0.3) is 0 Å². The van der Waals surface area contributed by atoms with E-state index in [-0.39, 0.29) is 5.92 Å². The van der Waals surface area contributed by atoms with Crippen LogP contribution in [0.1, 0.15) is 49.2 Å². The number of carbonyl (C=O) groups is 1. The summed E-state index contributed by atoms with van der Waals surface area (Å²) in [5.41, 5.74) is 0.434. The second kappa shape index (κ2) is 4.61. The van der Waals surface area contributed by atoms with Crippen molar-refractivity contribution >= 4 is 33.0 Å². The van der Waals surface area contributed by atoms with Crippen molar-refractivity contribution in [3.63, 3.8) is 0 Å². The molecule has 0 atom stereocenters. The molecule has 0 saturated heterocycles. The first-order chi connectivity index (χ1) is 7.49. The first-order valence-corrected chi connectivity index (χ1v) is 7.44. The second-order valence-corrected chi connectivity index (χ2v) is 7.17. The van der Waals surface area contributed by atoms with Crippen LogP contribution < -0.4 is 0 Å². The summed E-state index contributed by atoms with van der Waals surface area (Å²) in [4.78, 5) is 13.2. The molecule has 3 heteroatoms. The molecule has 0 bridgehead atoms. The zero-order chi connectivity index (χ0) is 11.8. The van der Waals surface area contributed by atoms with E-state index in [1.807, 2.05) is 11.4 Å². The smallest absolute Gasteiger partial charge is 0.176 e. The van der Waals surface area contributed by atoms with E-state index in [1.54, 1.807) is 11.3 Å². The van der Waals surface area contributed by atoms with Gasteiger partial charge in [-0.15, -0.1) is 11.3 Å². The maximum absolute atomic E-state index is 12.3. The Bertz CT molecular complexity index is 384. The van der Waals surface area contributed by atoms with Gasteiger partial charge in [0, 0.05) is 10.4 Å². The van der Waals surface area contributed by atoms with Crippen molar-refractivity contribution in [2.75, 3.05) is 0 Å². The Balaban J connectivity index is 2.05. The molecule has 1 nitrogen and oxygen atoms in total. The van der Waals surface area contributed by atoms with Gasteiger partial charge in [-0.1, -0.05) is 13.8 Å². The van der Waals surface area contributed by atoms with Gasteiger partial charge in [-0.05, 0) is 58.5 Å². The Morgan fingerprint density at radius 3 is 2.56 bits per heavy atom. The quantitative estimate of drug-likeness (QED) is 0.709. The van der Waals surface area contributed by atoms with E-state index in [2.05, 4.69) is 29.8 Å². The minimum atomic E-state index is 0.253. The summed E-state index contributed by atoms with van der Waals surface area (Å²) >= 11 is 5.00. The molecule has 1 aromatic heterocycles. The Hall–Kier alpha value is -0.150. The van der Waals surface area contributed by atoms with Gasteiger partial charge in [-0.2, -0.15) is 0 Å². The highest BCUT2D eigenvalue weighted by Crippen LogP contribution is 2.40. The molecule has 1 heterocycles. The average molecular weight is 301 g/mol. The summed E-state index contributed by atoms with van der Waals surface area (Å²) in [6, 6.07) is 1.96. The highest BCUT2D eigenvalue weighted by molar-refractivity contribution is 9.10. The standard InChI is InChI=1S/C13H17BrOS/c1-13(2)6-3-9(4-7-13)11(15)12-10(14)5-8-16-12/h5,8-9H,3-4,6-7H2,1-2H3. The number of thiophene rings is 1. The Morgan fingerprint density at radius 2 is 2.06 bits per heavy atom. The van der Waals surface area contributed by atoms with Crippen LogP contribution in [0.25, 0.3) is 0 Å². The zero-order valence-corrected chi connectivity index (χ0v) is 12.2. The molecular formula is C13H17BrOS. The van der Waals surface area contributed by atoms with Crippen molar-refractivity contribution in [3.8, 4) is 0 Å². The SMILES string of the molecule is CC1(C)CCC(C(=O)c2sccc2Br)CC1. The molecule has 0 N–H and O–H groups in total. The van der Waals surface area contributed by atoms with E-state index in [1.165, 1.54) is 12.8 Å². The second-order valence-electron chi connectivity index (χ2n) is 5.40. The van der Waals surface area contributed by atoms with Gasteiger partial charge in [-0.3, -0.25) is 4.79 Å². The molecule has 0 unspecified atom stereocenters. The lowest BCUT2D eigenvalue weighted by Crippen LogP contribution is -2.26. The van der Waals surface area contributed by atoms with Crippen LogP contribution in [0.5, 0.6) is 0 Å². The number of ketones is 1. The molecule has 2 rings (SSSR count). The molecular weight excluding hydrogens is 284 g/mol. The third-order valence-corrected chi connectivity index (χ3v) is 5.40. The average Bonchev–Trinajstić information content (AvgIpc) is 2.63. The molecule has 0 aliphatic heterocycles. The molecule has 1 aliphatic carbocycles. The maximum atomic E-state index is 12.3. The largest absolute Gasteiger partial charge is 0.293 e. The van der Waals surface area contributed by atoms with Gasteiger partial charge in [0.1, 0.15) is 0 Å². The van der Waals surface area contributed by atoms with E-state index >= 15 is 0 Å². The van der Waals surface area contributed by atoms with Crippen LogP contribution in [0, 0.1) is 11.3 Å². The predicted octanol–water partition coefficient (Wildman–Crippen LogP) is 4.91. The molecule has 1 aliphatic rings. The van der Waals surface area contributed by atoms with Gasteiger partial charge in [0.15, 0.2) is 5.78 Å². The Morgan fingerprint density at radius 1 is 1.44 bits per heavy atom. The maximum Gasteiger partial charge on any atom is 0.176 e. The summed E-state index contributed by atoms with van der Waals surface area (Å²) in [5.74, 6) is 0.598. The van der Waals surface area contributed by atoms with E-state index in [4.69, 9.17) is 0 Å². The van der Waals surface area contributed by atoms with Crippen molar-refractivity contribution in [2.45, 2.75) is 39.5 Å². The van der Waals surface area contributed by atoms with E-state index < -0.39 is 0 Å². The fraction of sp³-hybridized carbons (Fsp3) is 0.615. The lowest BCUT2D eigenvalue weighted by Gasteiger charge is -2.33. The van der Waals surface area contributed by atoms with Gasteiger partial charge >= 0.3 is 0 Å². The van der Waals surface area contributed by atoms with Crippen molar-refractivity contribution in [1.29, 1.82) is 0 Å². The number of halogens is 1. The fourth-order valence-electron chi connectivity index (χ4n) is 2.32. The first kappa shape index (κ1) is 12.3. The normalized spacial score (nSPS) is 20.9. The van der Waals surface area contributed by atoms with Crippen LogP contribution in [0.2, 0.25) is 0 Å². The third-order valence-electron chi connectivity index (χ3n) is 3.55. The highest BCUT2D eigenvalue weighted by atomic mass is 79.9. The van der Waals surface area contributed by atoms with Gasteiger partial charge in [-0.25, -0.2) is 0 Å². The molecule has 16 heavy (non-hydrogen) atoms. The lowest BCUT2D eigenvalue weighted by molar-refractivity contribution is 0.0841. The van der Waals surface area contributed by atoms with Crippen molar-refractivity contribution in [1.82, 2.24) is 0 Å². The van der Waals surface area contributed by atoms with Crippen molar-refractivity contribution < 1.29 is 4.79 Å². The summed E-state index contributed by atoms with van der Waals surface area (Å²) in [7, 11) is 0. The number of carbonyl (C=O) groups excluding carboxylic acids is 1. The van der Waals surface area contributed by atoms with E-state index in [9.17, 15) is 4.79 Å². The number of rotatable bonds is 2. The Kier molecular flexibility index (Phi) is 3.55. The molecule has 0 spiro atoms. The molecule has 1 aromatic rings. The molecule has 0 amide bonds. The third kappa shape index (κ3) is 2.57. The molecule has 1 saturated carbocycles. The van der Waals surface area contributed by atoms with Crippen LogP contribution in [0.15, 0.2) is 15.9 Å². The van der Waals surface area contributed by atoms with Crippen LogP contribution in [0.4, 0.5) is 0 Å². The van der Waals surface area contributed by atoms with E-state index in [0.29, 0.717) is 11.2 Å². The van der Waals surface area contributed by atoms with Crippen LogP contribution in [-0.4, -0.2) is 5.78 Å². The van der Waals surface area contributed by atoms with Crippen LogP contribution in [-0.2, 0) is 0 Å². The topological polar surface area (TPSA) is 17.1 Å². The monoisotopic (exact) mass is 300 g/mol. The van der Waals surface area contributed by atoms with E-state index in [0.717, 1.165) is 22.2 Å². The van der Waals surface area contributed by atoms with Gasteiger partial charge in [0.05, 0.1) is 4.88 Å². The van der Waals surface area contributed by atoms with Gasteiger partial charge < -0.3 is 0 Å². The Labute approximate surface area is 109 Å². The summed E-state index contributed by atoms with van der Waals surface area (Å²) in [5, 5.41) is 1.98. The molecule has 1 fully saturated rings. The van der Waals surface area contributed by atoms with Gasteiger partial charge in [0.2, 0.25) is 0 Å². The molecule has 0 aromatic carbocycles. The van der Waals surface area contributed by atoms with Crippen molar-refractivity contribution in [2.24, 2.45) is 11.3 Å². The number of hydrogen-bond donors (Lipinski definition) is 0. The first-order valence-electron chi connectivity index (χ1n) is 5.77. The van der Waals surface area contributed by atoms with Crippen LogP contribution >= 0.6 is 27.3 Å². The summed E-state index contributed by atoms with van der Waals surface area (Å²) in [6.45, 7) is 4.60. The fourth-order valence-corrected chi connectivity index (χ4v) is 3.90. The molecule has 88 valence electrons. The lowest BCUT2D eigenvalue weighted by atomic mass is 9.72. The van der Waals surface area contributed by atoms with Crippen molar-refractivity contribution in [3.05, 3.63) is 20.8 Å². The summed E-state index contributed by atoms with van der Waals surface area (Å²) < 4.78 is 0.965. The minimum Gasteiger partial charge on any atom is -0.293 e. The molecule has 0 radical (unpaired) electrons.